The Kier molecular flexibility index (Phi) is 3.06. The van der Waals surface area contributed by atoms with Gasteiger partial charge in [0.05, 0.1) is 0 Å². The molecule has 1 fully saturated rings. The largest absolute Gasteiger partial charge is 0.508 e. The molecule has 0 aromatic heterocycles. The van der Waals surface area contributed by atoms with E-state index in [1.807, 2.05) is 12.1 Å². The molecule has 0 spiro atoms. The van der Waals surface area contributed by atoms with Gasteiger partial charge in [-0.2, -0.15) is 0 Å². The van der Waals surface area contributed by atoms with Gasteiger partial charge in [0.2, 0.25) is 0 Å². The van der Waals surface area contributed by atoms with E-state index >= 15 is 0 Å². The Balaban J connectivity index is 1.74. The van der Waals surface area contributed by atoms with Crippen molar-refractivity contribution >= 4 is 0 Å². The molecule has 1 unspecified atom stereocenters. The minimum absolute atomic E-state index is 0.384. The molecule has 17 heavy (non-hydrogen) atoms. The Bertz CT molecular complexity index is 396. The Morgan fingerprint density at radius 3 is 2.71 bits per heavy atom. The van der Waals surface area contributed by atoms with Gasteiger partial charge in [0, 0.05) is 17.6 Å². The molecule has 2 N–H and O–H groups in total. The lowest BCUT2D eigenvalue weighted by molar-refractivity contribution is 0.333. The van der Waals surface area contributed by atoms with E-state index in [9.17, 15) is 5.11 Å². The highest BCUT2D eigenvalue weighted by atomic mass is 16.3. The molecule has 0 bridgehead atoms. The third-order valence-electron chi connectivity index (χ3n) is 4.27. The van der Waals surface area contributed by atoms with E-state index in [0.29, 0.717) is 17.8 Å². The number of aromatic hydroxyl groups is 1. The first-order valence-electron chi connectivity index (χ1n) is 6.91. The van der Waals surface area contributed by atoms with E-state index in [1.165, 1.54) is 37.7 Å². The predicted molar refractivity (Wildman–Crippen MR) is 69.2 cm³/mol. The van der Waals surface area contributed by atoms with Crippen molar-refractivity contribution in [2.75, 3.05) is 0 Å². The summed E-state index contributed by atoms with van der Waals surface area (Å²) in [5.74, 6) is 0.480. The van der Waals surface area contributed by atoms with Crippen LogP contribution in [0.4, 0.5) is 0 Å². The molecule has 1 atom stereocenters. The molecule has 2 heteroatoms. The summed E-state index contributed by atoms with van der Waals surface area (Å²) >= 11 is 0. The molecule has 0 heterocycles. The molecule has 1 saturated carbocycles. The first-order valence-corrected chi connectivity index (χ1v) is 6.91. The molecule has 1 aromatic carbocycles. The smallest absolute Gasteiger partial charge is 0.120 e. The number of aryl methyl sites for hydroxylation is 1. The third-order valence-corrected chi connectivity index (χ3v) is 4.27. The lowest BCUT2D eigenvalue weighted by Gasteiger charge is -2.27. The van der Waals surface area contributed by atoms with Crippen molar-refractivity contribution in [3.8, 4) is 5.75 Å². The highest BCUT2D eigenvalue weighted by molar-refractivity contribution is 5.44. The van der Waals surface area contributed by atoms with Crippen LogP contribution in [0.3, 0.4) is 0 Å². The third kappa shape index (κ3) is 2.19. The van der Waals surface area contributed by atoms with Gasteiger partial charge in [-0.3, -0.25) is 0 Å². The quantitative estimate of drug-likeness (QED) is 0.818. The maximum atomic E-state index is 9.99. The van der Waals surface area contributed by atoms with Crippen LogP contribution in [-0.2, 0) is 6.42 Å². The number of benzene rings is 1. The first kappa shape index (κ1) is 11.1. The van der Waals surface area contributed by atoms with Crippen molar-refractivity contribution in [3.63, 3.8) is 0 Å². The van der Waals surface area contributed by atoms with Crippen LogP contribution in [0.15, 0.2) is 18.2 Å². The Labute approximate surface area is 103 Å². The van der Waals surface area contributed by atoms with Crippen molar-refractivity contribution in [1.82, 2.24) is 5.32 Å². The van der Waals surface area contributed by atoms with Crippen LogP contribution >= 0.6 is 0 Å². The van der Waals surface area contributed by atoms with Crippen molar-refractivity contribution in [1.29, 1.82) is 0 Å². The van der Waals surface area contributed by atoms with Gasteiger partial charge < -0.3 is 10.4 Å². The number of hydrogen-bond acceptors (Lipinski definition) is 2. The normalized spacial score (nSPS) is 24.8. The molecule has 0 saturated heterocycles. The minimum Gasteiger partial charge on any atom is -0.508 e. The average Bonchev–Trinajstić information content (AvgIpc) is 2.75. The van der Waals surface area contributed by atoms with E-state index in [4.69, 9.17) is 0 Å². The fourth-order valence-corrected chi connectivity index (χ4v) is 3.38. The Hall–Kier alpha value is -1.02. The second-order valence-corrected chi connectivity index (χ2v) is 5.44. The van der Waals surface area contributed by atoms with Crippen LogP contribution in [0, 0.1) is 0 Å². The zero-order valence-corrected chi connectivity index (χ0v) is 10.3. The van der Waals surface area contributed by atoms with Gasteiger partial charge in [0.15, 0.2) is 0 Å². The maximum Gasteiger partial charge on any atom is 0.120 e. The number of hydrogen-bond donors (Lipinski definition) is 2. The highest BCUT2D eigenvalue weighted by Crippen LogP contribution is 2.38. The van der Waals surface area contributed by atoms with Gasteiger partial charge >= 0.3 is 0 Å². The molecular weight excluding hydrogens is 210 g/mol. The van der Waals surface area contributed by atoms with Gasteiger partial charge in [0.1, 0.15) is 5.75 Å². The average molecular weight is 231 g/mol. The van der Waals surface area contributed by atoms with Crippen LogP contribution < -0.4 is 5.32 Å². The lowest BCUT2D eigenvalue weighted by Crippen LogP contribution is -2.33. The summed E-state index contributed by atoms with van der Waals surface area (Å²) in [6.45, 7) is 0. The summed E-state index contributed by atoms with van der Waals surface area (Å²) in [6, 6.07) is 6.97. The standard InChI is InChI=1S/C15H21NO/c17-14-8-4-5-11-9-10-13(15(11)14)16-12-6-2-1-3-7-12/h4-5,8,12-13,16-17H,1-3,6-7,9-10H2. The summed E-state index contributed by atoms with van der Waals surface area (Å²) in [4.78, 5) is 0. The van der Waals surface area contributed by atoms with Gasteiger partial charge in [-0.05, 0) is 37.3 Å². The number of phenolic OH excluding ortho intramolecular Hbond substituents is 1. The van der Waals surface area contributed by atoms with E-state index in [2.05, 4.69) is 11.4 Å². The maximum absolute atomic E-state index is 9.99. The molecule has 0 radical (unpaired) electrons. The molecule has 0 amide bonds. The number of fused-ring (bicyclic) bond motifs is 1. The molecular formula is C15H21NO. The molecule has 2 aliphatic carbocycles. The van der Waals surface area contributed by atoms with Crippen LogP contribution in [0.25, 0.3) is 0 Å². The van der Waals surface area contributed by atoms with Gasteiger partial charge in [0.25, 0.3) is 0 Å². The zero-order valence-electron chi connectivity index (χ0n) is 10.3. The SMILES string of the molecule is Oc1cccc2c1C(NC1CCCCC1)CC2. The van der Waals surface area contributed by atoms with Crippen LogP contribution in [0.1, 0.15) is 55.7 Å². The molecule has 3 rings (SSSR count). The van der Waals surface area contributed by atoms with Crippen LogP contribution in [-0.4, -0.2) is 11.1 Å². The van der Waals surface area contributed by atoms with Crippen LogP contribution in [0.2, 0.25) is 0 Å². The summed E-state index contributed by atoms with van der Waals surface area (Å²) in [7, 11) is 0. The van der Waals surface area contributed by atoms with E-state index in [-0.39, 0.29) is 0 Å². The molecule has 2 aliphatic rings. The fraction of sp³-hybridized carbons (Fsp3) is 0.600. The lowest BCUT2D eigenvalue weighted by atomic mass is 9.94. The van der Waals surface area contributed by atoms with Gasteiger partial charge in [-0.1, -0.05) is 31.4 Å². The Morgan fingerprint density at radius 1 is 1.06 bits per heavy atom. The highest BCUT2D eigenvalue weighted by Gasteiger charge is 2.27. The van der Waals surface area contributed by atoms with Crippen molar-refractivity contribution < 1.29 is 5.11 Å². The minimum atomic E-state index is 0.384. The first-order chi connectivity index (χ1) is 8.34. The number of rotatable bonds is 2. The second-order valence-electron chi connectivity index (χ2n) is 5.44. The summed E-state index contributed by atoms with van der Waals surface area (Å²) in [5, 5.41) is 13.7. The van der Waals surface area contributed by atoms with Crippen molar-refractivity contribution in [3.05, 3.63) is 29.3 Å². The fourth-order valence-electron chi connectivity index (χ4n) is 3.38. The summed E-state index contributed by atoms with van der Waals surface area (Å²) in [5.41, 5.74) is 2.50. The van der Waals surface area contributed by atoms with Gasteiger partial charge in [-0.25, -0.2) is 0 Å². The zero-order chi connectivity index (χ0) is 11.7. The second kappa shape index (κ2) is 4.69. The van der Waals surface area contributed by atoms with E-state index < -0.39 is 0 Å². The predicted octanol–water partition coefficient (Wildman–Crippen LogP) is 3.30. The topological polar surface area (TPSA) is 32.3 Å². The van der Waals surface area contributed by atoms with E-state index in [1.54, 1.807) is 0 Å². The van der Waals surface area contributed by atoms with Crippen molar-refractivity contribution in [2.45, 2.75) is 57.0 Å². The van der Waals surface area contributed by atoms with Gasteiger partial charge in [-0.15, -0.1) is 0 Å². The number of nitrogens with one attached hydrogen (secondary N) is 1. The number of phenols is 1. The monoisotopic (exact) mass is 231 g/mol. The molecule has 1 aromatic rings. The van der Waals surface area contributed by atoms with Crippen LogP contribution in [0.5, 0.6) is 5.75 Å². The molecule has 2 nitrogen and oxygen atoms in total. The van der Waals surface area contributed by atoms with E-state index in [0.717, 1.165) is 18.4 Å². The molecule has 0 aliphatic heterocycles. The summed E-state index contributed by atoms with van der Waals surface area (Å²) in [6.07, 6.45) is 8.97. The van der Waals surface area contributed by atoms with Crippen molar-refractivity contribution in [2.24, 2.45) is 0 Å². The Morgan fingerprint density at radius 2 is 1.88 bits per heavy atom. The summed E-state index contributed by atoms with van der Waals surface area (Å²) < 4.78 is 0. The molecule has 92 valence electrons.